The lowest BCUT2D eigenvalue weighted by molar-refractivity contribution is 0.102. The zero-order valence-corrected chi connectivity index (χ0v) is 20.0. The summed E-state index contributed by atoms with van der Waals surface area (Å²) in [6, 6.07) is 14.2. The molecule has 0 radical (unpaired) electrons. The van der Waals surface area contributed by atoms with Gasteiger partial charge in [0.1, 0.15) is 17.9 Å². The first kappa shape index (κ1) is 25.0. The number of benzene rings is 2. The van der Waals surface area contributed by atoms with E-state index in [9.17, 15) is 13.2 Å². The van der Waals surface area contributed by atoms with Crippen LogP contribution >= 0.6 is 0 Å². The zero-order valence-electron chi connectivity index (χ0n) is 19.2. The van der Waals surface area contributed by atoms with Gasteiger partial charge in [0, 0.05) is 11.8 Å². The number of nitrogens with zero attached hydrogens (tertiary/aromatic N) is 2. The van der Waals surface area contributed by atoms with Gasteiger partial charge in [0.05, 0.1) is 24.2 Å². The lowest BCUT2D eigenvalue weighted by atomic mass is 10.1. The first-order chi connectivity index (χ1) is 16.4. The second kappa shape index (κ2) is 12.0. The van der Waals surface area contributed by atoms with Gasteiger partial charge in [-0.1, -0.05) is 38.3 Å². The highest BCUT2D eigenvalue weighted by atomic mass is 32.2. The number of rotatable bonds is 12. The van der Waals surface area contributed by atoms with Crippen molar-refractivity contribution in [2.24, 2.45) is 0 Å². The highest BCUT2D eigenvalue weighted by Gasteiger charge is 2.17. The number of aromatic nitrogens is 2. The maximum Gasteiger partial charge on any atom is 0.263 e. The Morgan fingerprint density at radius 1 is 1.00 bits per heavy atom. The Balaban J connectivity index is 1.65. The first-order valence-corrected chi connectivity index (χ1v) is 12.4. The molecule has 1 heterocycles. The van der Waals surface area contributed by atoms with E-state index in [1.165, 1.54) is 43.8 Å². The lowest BCUT2D eigenvalue weighted by Gasteiger charge is -2.12. The third-order valence-corrected chi connectivity index (χ3v) is 6.27. The summed E-state index contributed by atoms with van der Waals surface area (Å²) in [6.45, 7) is 2.69. The highest BCUT2D eigenvalue weighted by molar-refractivity contribution is 7.92. The second-order valence-corrected chi connectivity index (χ2v) is 9.12. The molecule has 0 aliphatic heterocycles. The number of ether oxygens (including phenoxy) is 2. The van der Waals surface area contributed by atoms with Gasteiger partial charge in [0.25, 0.3) is 15.9 Å². The van der Waals surface area contributed by atoms with Crippen LogP contribution in [0.1, 0.15) is 43.0 Å². The summed E-state index contributed by atoms with van der Waals surface area (Å²) in [4.78, 5) is 20.5. The normalized spacial score (nSPS) is 11.0. The third-order valence-electron chi connectivity index (χ3n) is 4.90. The number of unbranched alkanes of at least 4 members (excludes halogenated alkanes) is 3. The summed E-state index contributed by atoms with van der Waals surface area (Å²) >= 11 is 0. The number of sulfonamides is 1. The molecular weight excluding hydrogens is 456 g/mol. The molecule has 0 saturated heterocycles. The Labute approximate surface area is 199 Å². The van der Waals surface area contributed by atoms with Crippen LogP contribution in [-0.2, 0) is 10.0 Å². The van der Waals surface area contributed by atoms with Gasteiger partial charge in [-0.2, -0.15) is 0 Å². The topological polar surface area (TPSA) is 120 Å². The van der Waals surface area contributed by atoms with E-state index in [4.69, 9.17) is 9.47 Å². The molecule has 9 nitrogen and oxygen atoms in total. The van der Waals surface area contributed by atoms with Gasteiger partial charge in [-0.3, -0.25) is 9.52 Å². The second-order valence-electron chi connectivity index (χ2n) is 7.43. The maximum absolute atomic E-state index is 12.8. The number of carbonyl (C=O) groups excluding carboxylic acids is 1. The van der Waals surface area contributed by atoms with E-state index in [0.717, 1.165) is 25.7 Å². The Hall–Kier alpha value is -3.66. The molecule has 0 unspecified atom stereocenters. The fourth-order valence-electron chi connectivity index (χ4n) is 3.11. The Bertz CT molecular complexity index is 1200. The minimum Gasteiger partial charge on any atom is -0.493 e. The number of nitrogens with one attached hydrogen (secondary N) is 2. The van der Waals surface area contributed by atoms with E-state index in [0.29, 0.717) is 23.6 Å². The number of anilines is 2. The summed E-state index contributed by atoms with van der Waals surface area (Å²) < 4.78 is 38.5. The molecule has 2 aromatic carbocycles. The van der Waals surface area contributed by atoms with Crippen molar-refractivity contribution in [2.75, 3.05) is 23.8 Å². The molecule has 0 atom stereocenters. The van der Waals surface area contributed by atoms with Crippen molar-refractivity contribution < 1.29 is 22.7 Å². The highest BCUT2D eigenvalue weighted by Crippen LogP contribution is 2.22. The monoisotopic (exact) mass is 484 g/mol. The van der Waals surface area contributed by atoms with Crippen LogP contribution in [-0.4, -0.2) is 38.0 Å². The van der Waals surface area contributed by atoms with Crippen molar-refractivity contribution in [2.45, 2.75) is 37.5 Å². The average Bonchev–Trinajstić information content (AvgIpc) is 2.84. The number of hydrogen-bond acceptors (Lipinski definition) is 7. The van der Waals surface area contributed by atoms with E-state index in [2.05, 4.69) is 26.9 Å². The van der Waals surface area contributed by atoms with E-state index >= 15 is 0 Å². The molecule has 0 aliphatic rings. The fraction of sp³-hybridized carbons (Fsp3) is 0.292. The smallest absolute Gasteiger partial charge is 0.263 e. The molecule has 180 valence electrons. The molecule has 0 saturated carbocycles. The summed E-state index contributed by atoms with van der Waals surface area (Å²) in [6.07, 6.45) is 5.50. The van der Waals surface area contributed by atoms with E-state index in [1.807, 2.05) is 6.07 Å². The van der Waals surface area contributed by atoms with Crippen molar-refractivity contribution in [1.29, 1.82) is 0 Å². The van der Waals surface area contributed by atoms with E-state index < -0.39 is 10.0 Å². The number of carbonyl (C=O) groups is 1. The quantitative estimate of drug-likeness (QED) is 0.363. The van der Waals surface area contributed by atoms with Crippen molar-refractivity contribution in [3.63, 3.8) is 0 Å². The molecule has 0 spiro atoms. The standard InChI is InChI=1S/C24H28N4O5S/c1-3-4-5-8-15-33-21-10-7-6-9-20(21)24(29)27-18-11-13-19(14-12-18)34(30,31)28-22-16-23(32-2)26-17-25-22/h6-7,9-14,16-17H,3-5,8,15H2,1-2H3,(H,27,29)(H,25,26,28). The Morgan fingerprint density at radius 3 is 2.50 bits per heavy atom. The van der Waals surface area contributed by atoms with Crippen LogP contribution in [0.2, 0.25) is 0 Å². The third kappa shape index (κ3) is 6.92. The number of amides is 1. The van der Waals surface area contributed by atoms with Crippen LogP contribution in [0.15, 0.2) is 65.8 Å². The first-order valence-electron chi connectivity index (χ1n) is 10.9. The SMILES string of the molecule is CCCCCCOc1ccccc1C(=O)Nc1ccc(S(=O)(=O)Nc2cc(OC)ncn2)cc1. The predicted octanol–water partition coefficient (Wildman–Crippen LogP) is 4.50. The summed E-state index contributed by atoms with van der Waals surface area (Å²) in [5, 5.41) is 2.78. The molecule has 1 amide bonds. The van der Waals surface area contributed by atoms with Gasteiger partial charge in [-0.15, -0.1) is 0 Å². The van der Waals surface area contributed by atoms with Crippen LogP contribution in [0, 0.1) is 0 Å². The minimum absolute atomic E-state index is 0.0129. The molecule has 34 heavy (non-hydrogen) atoms. The van der Waals surface area contributed by atoms with Crippen LogP contribution in [0.25, 0.3) is 0 Å². The Morgan fingerprint density at radius 2 is 1.76 bits per heavy atom. The van der Waals surface area contributed by atoms with Gasteiger partial charge in [0.15, 0.2) is 0 Å². The Kier molecular flexibility index (Phi) is 8.80. The van der Waals surface area contributed by atoms with E-state index in [-0.39, 0.29) is 22.5 Å². The molecule has 2 N–H and O–H groups in total. The molecular formula is C24H28N4O5S. The van der Waals surface area contributed by atoms with Crippen LogP contribution in [0.3, 0.4) is 0 Å². The molecule has 0 bridgehead atoms. The van der Waals surface area contributed by atoms with Gasteiger partial charge in [-0.25, -0.2) is 18.4 Å². The predicted molar refractivity (Wildman–Crippen MR) is 130 cm³/mol. The summed E-state index contributed by atoms with van der Waals surface area (Å²) in [5.41, 5.74) is 0.861. The zero-order chi connectivity index (χ0) is 24.4. The number of methoxy groups -OCH3 is 1. The van der Waals surface area contributed by atoms with Gasteiger partial charge in [-0.05, 0) is 42.8 Å². The van der Waals surface area contributed by atoms with Crippen molar-refractivity contribution in [3.05, 3.63) is 66.5 Å². The maximum atomic E-state index is 12.8. The largest absolute Gasteiger partial charge is 0.493 e. The number of hydrogen-bond donors (Lipinski definition) is 2. The van der Waals surface area contributed by atoms with Gasteiger partial charge < -0.3 is 14.8 Å². The fourth-order valence-corrected chi connectivity index (χ4v) is 4.11. The molecule has 0 aliphatic carbocycles. The molecule has 10 heteroatoms. The van der Waals surface area contributed by atoms with Gasteiger partial charge >= 0.3 is 0 Å². The van der Waals surface area contributed by atoms with Crippen LogP contribution < -0.4 is 19.5 Å². The van der Waals surface area contributed by atoms with Crippen molar-refractivity contribution in [3.8, 4) is 11.6 Å². The lowest BCUT2D eigenvalue weighted by Crippen LogP contribution is -2.15. The minimum atomic E-state index is -3.89. The van der Waals surface area contributed by atoms with Crippen molar-refractivity contribution in [1.82, 2.24) is 9.97 Å². The molecule has 3 rings (SSSR count). The van der Waals surface area contributed by atoms with Crippen LogP contribution in [0.4, 0.5) is 11.5 Å². The average molecular weight is 485 g/mol. The number of para-hydroxylation sites is 1. The molecule has 1 aromatic heterocycles. The summed E-state index contributed by atoms with van der Waals surface area (Å²) in [7, 11) is -2.47. The molecule has 3 aromatic rings. The molecule has 0 fully saturated rings. The summed E-state index contributed by atoms with van der Waals surface area (Å²) in [5.74, 6) is 0.484. The van der Waals surface area contributed by atoms with E-state index in [1.54, 1.807) is 18.2 Å². The van der Waals surface area contributed by atoms with Crippen LogP contribution in [0.5, 0.6) is 11.6 Å². The van der Waals surface area contributed by atoms with Crippen molar-refractivity contribution >= 4 is 27.4 Å². The van der Waals surface area contributed by atoms with Gasteiger partial charge in [0.2, 0.25) is 5.88 Å².